The zero-order valence-corrected chi connectivity index (χ0v) is 19.7. The van der Waals surface area contributed by atoms with Gasteiger partial charge in [-0.25, -0.2) is 0 Å². The van der Waals surface area contributed by atoms with Crippen LogP contribution in [0.2, 0.25) is 0 Å². The van der Waals surface area contributed by atoms with Crippen molar-refractivity contribution < 1.29 is 9.59 Å². The van der Waals surface area contributed by atoms with Gasteiger partial charge in [0, 0.05) is 58.0 Å². The molecule has 1 aliphatic heterocycles. The van der Waals surface area contributed by atoms with Crippen molar-refractivity contribution in [3.63, 3.8) is 0 Å². The summed E-state index contributed by atoms with van der Waals surface area (Å²) in [5.41, 5.74) is 3.08. The van der Waals surface area contributed by atoms with E-state index < -0.39 is 0 Å². The van der Waals surface area contributed by atoms with Crippen molar-refractivity contribution in [3.8, 4) is 0 Å². The van der Waals surface area contributed by atoms with Gasteiger partial charge in [-0.1, -0.05) is 32.0 Å². The van der Waals surface area contributed by atoms with Gasteiger partial charge in [0.15, 0.2) is 0 Å². The van der Waals surface area contributed by atoms with Gasteiger partial charge in [-0.05, 0) is 48.9 Å². The number of carbonyl (C=O) groups is 2. The van der Waals surface area contributed by atoms with Crippen molar-refractivity contribution in [2.45, 2.75) is 53.0 Å². The topological polar surface area (TPSA) is 72.5 Å². The number of aromatic amines is 1. The maximum atomic E-state index is 13.2. The highest BCUT2D eigenvalue weighted by Crippen LogP contribution is 2.24. The number of nitrogens with zero attached hydrogens (tertiary/aromatic N) is 4. The van der Waals surface area contributed by atoms with Crippen LogP contribution in [-0.4, -0.2) is 64.5 Å². The van der Waals surface area contributed by atoms with Crippen LogP contribution in [0.5, 0.6) is 0 Å². The van der Waals surface area contributed by atoms with Crippen LogP contribution < -0.4 is 4.90 Å². The molecule has 0 atom stereocenters. The Labute approximate surface area is 191 Å². The SMILES string of the molecule is CC(=O)N1CCCN(CC(C)C)CCN(C(=O)CCCc2cn[nH]c2)Cc2ccccc21. The molecule has 2 heterocycles. The number of aryl methyl sites for hydroxylation is 1. The van der Waals surface area contributed by atoms with E-state index in [9.17, 15) is 9.59 Å². The van der Waals surface area contributed by atoms with E-state index in [1.807, 2.05) is 46.5 Å². The predicted octanol–water partition coefficient (Wildman–Crippen LogP) is 3.48. The molecule has 0 unspecified atom stereocenters. The molecule has 0 bridgehead atoms. The van der Waals surface area contributed by atoms with Crippen molar-refractivity contribution in [2.75, 3.05) is 37.6 Å². The van der Waals surface area contributed by atoms with Crippen molar-refractivity contribution in [1.82, 2.24) is 20.0 Å². The summed E-state index contributed by atoms with van der Waals surface area (Å²) in [5.74, 6) is 0.770. The van der Waals surface area contributed by atoms with E-state index in [0.717, 1.165) is 55.7 Å². The molecule has 0 saturated heterocycles. The summed E-state index contributed by atoms with van der Waals surface area (Å²) < 4.78 is 0. The summed E-state index contributed by atoms with van der Waals surface area (Å²) >= 11 is 0. The summed E-state index contributed by atoms with van der Waals surface area (Å²) in [6.45, 7) is 10.8. The molecule has 0 saturated carbocycles. The molecule has 0 radical (unpaired) electrons. The van der Waals surface area contributed by atoms with E-state index in [-0.39, 0.29) is 11.8 Å². The van der Waals surface area contributed by atoms with Crippen LogP contribution in [0.3, 0.4) is 0 Å². The van der Waals surface area contributed by atoms with Crippen molar-refractivity contribution in [2.24, 2.45) is 5.92 Å². The number of H-pyrrole nitrogens is 1. The van der Waals surface area contributed by atoms with Crippen molar-refractivity contribution in [1.29, 1.82) is 0 Å². The Morgan fingerprint density at radius 1 is 1.12 bits per heavy atom. The molecular formula is C25H37N5O2. The fourth-order valence-electron chi connectivity index (χ4n) is 4.39. The van der Waals surface area contributed by atoms with Crippen LogP contribution in [0.25, 0.3) is 0 Å². The lowest BCUT2D eigenvalue weighted by molar-refractivity contribution is -0.132. The first-order valence-corrected chi connectivity index (χ1v) is 11.8. The molecule has 7 heteroatoms. The number of anilines is 1. The molecule has 1 aliphatic rings. The average molecular weight is 440 g/mol. The third-order valence-electron chi connectivity index (χ3n) is 5.95. The predicted molar refractivity (Wildman–Crippen MR) is 127 cm³/mol. The van der Waals surface area contributed by atoms with Gasteiger partial charge in [-0.2, -0.15) is 5.10 Å². The lowest BCUT2D eigenvalue weighted by atomic mass is 10.1. The molecule has 3 rings (SSSR count). The van der Waals surface area contributed by atoms with E-state index in [1.165, 1.54) is 0 Å². The molecular weight excluding hydrogens is 402 g/mol. The zero-order valence-electron chi connectivity index (χ0n) is 19.7. The fourth-order valence-corrected chi connectivity index (χ4v) is 4.39. The Morgan fingerprint density at radius 3 is 2.66 bits per heavy atom. The van der Waals surface area contributed by atoms with Crippen LogP contribution in [0.1, 0.15) is 51.2 Å². The van der Waals surface area contributed by atoms with Crippen LogP contribution >= 0.6 is 0 Å². The molecule has 1 aromatic heterocycles. The minimum Gasteiger partial charge on any atom is -0.337 e. The van der Waals surface area contributed by atoms with Gasteiger partial charge in [0.25, 0.3) is 0 Å². The standard InChI is InChI=1S/C25H37N5O2/c1-20(2)18-28-12-7-13-30(21(3)31)24-10-5-4-9-23(24)19-29(15-14-28)25(32)11-6-8-22-16-26-27-17-22/h4-5,9-10,16-17,20H,6-8,11-15,18-19H2,1-3H3,(H,26,27). The minimum absolute atomic E-state index is 0.0464. The fraction of sp³-hybridized carbons (Fsp3) is 0.560. The summed E-state index contributed by atoms with van der Waals surface area (Å²) in [5, 5.41) is 6.81. The summed E-state index contributed by atoms with van der Waals surface area (Å²) in [4.78, 5) is 32.0. The van der Waals surface area contributed by atoms with Crippen LogP contribution in [0.15, 0.2) is 36.7 Å². The average Bonchev–Trinajstić information content (AvgIpc) is 3.25. The molecule has 0 aliphatic carbocycles. The molecule has 0 spiro atoms. The van der Waals surface area contributed by atoms with Gasteiger partial charge in [0.05, 0.1) is 6.20 Å². The lowest BCUT2D eigenvalue weighted by Crippen LogP contribution is -2.40. The van der Waals surface area contributed by atoms with E-state index in [2.05, 4.69) is 28.9 Å². The maximum absolute atomic E-state index is 13.2. The third-order valence-corrected chi connectivity index (χ3v) is 5.95. The number of fused-ring (bicyclic) bond motifs is 1. The van der Waals surface area contributed by atoms with Crippen molar-refractivity contribution in [3.05, 3.63) is 47.8 Å². The number of hydrogen-bond donors (Lipinski definition) is 1. The normalized spacial score (nSPS) is 16.0. The van der Waals surface area contributed by atoms with Crippen LogP contribution in [0.4, 0.5) is 5.69 Å². The Hall–Kier alpha value is -2.67. The molecule has 0 fully saturated rings. The van der Waals surface area contributed by atoms with Crippen molar-refractivity contribution >= 4 is 17.5 Å². The molecule has 1 N–H and O–H groups in total. The second-order valence-corrected chi connectivity index (χ2v) is 9.12. The van der Waals surface area contributed by atoms with E-state index in [1.54, 1.807) is 6.92 Å². The van der Waals surface area contributed by atoms with Crippen LogP contribution in [-0.2, 0) is 22.6 Å². The molecule has 1 aromatic carbocycles. The first-order valence-electron chi connectivity index (χ1n) is 11.8. The Bertz CT molecular complexity index is 865. The molecule has 32 heavy (non-hydrogen) atoms. The second kappa shape index (κ2) is 11.8. The second-order valence-electron chi connectivity index (χ2n) is 9.12. The highest BCUT2D eigenvalue weighted by molar-refractivity contribution is 5.92. The quantitative estimate of drug-likeness (QED) is 0.748. The third kappa shape index (κ3) is 6.92. The first kappa shape index (κ1) is 24.0. The van der Waals surface area contributed by atoms with E-state index in [0.29, 0.717) is 32.0 Å². The monoisotopic (exact) mass is 439 g/mol. The highest BCUT2D eigenvalue weighted by Gasteiger charge is 2.22. The number of rotatable bonds is 6. The number of benzene rings is 1. The van der Waals surface area contributed by atoms with Gasteiger partial charge < -0.3 is 14.7 Å². The van der Waals surface area contributed by atoms with Gasteiger partial charge in [0.1, 0.15) is 0 Å². The summed E-state index contributed by atoms with van der Waals surface area (Å²) in [6.07, 6.45) is 6.76. The minimum atomic E-state index is 0.0464. The van der Waals surface area contributed by atoms with Gasteiger partial charge >= 0.3 is 0 Å². The van der Waals surface area contributed by atoms with Gasteiger partial charge in [0.2, 0.25) is 11.8 Å². The van der Waals surface area contributed by atoms with Gasteiger partial charge in [-0.3, -0.25) is 14.7 Å². The van der Waals surface area contributed by atoms with E-state index >= 15 is 0 Å². The molecule has 2 amide bonds. The number of aromatic nitrogens is 2. The first-order chi connectivity index (χ1) is 15.4. The Kier molecular flexibility index (Phi) is 8.85. The molecule has 7 nitrogen and oxygen atoms in total. The summed E-state index contributed by atoms with van der Waals surface area (Å²) in [7, 11) is 0. The Balaban J connectivity index is 1.78. The van der Waals surface area contributed by atoms with E-state index in [4.69, 9.17) is 0 Å². The molecule has 2 aromatic rings. The number of hydrogen-bond acceptors (Lipinski definition) is 4. The maximum Gasteiger partial charge on any atom is 0.223 e. The number of carbonyl (C=O) groups excluding carboxylic acids is 2. The number of nitrogens with one attached hydrogen (secondary N) is 1. The lowest BCUT2D eigenvalue weighted by Gasteiger charge is -2.29. The summed E-state index contributed by atoms with van der Waals surface area (Å²) in [6, 6.07) is 8.00. The van der Waals surface area contributed by atoms with Gasteiger partial charge in [-0.15, -0.1) is 0 Å². The highest BCUT2D eigenvalue weighted by atomic mass is 16.2. The largest absolute Gasteiger partial charge is 0.337 e. The smallest absolute Gasteiger partial charge is 0.223 e. The zero-order chi connectivity index (χ0) is 22.9. The number of amides is 2. The Morgan fingerprint density at radius 2 is 1.94 bits per heavy atom. The number of para-hydroxylation sites is 1. The molecule has 174 valence electrons. The van der Waals surface area contributed by atoms with Crippen LogP contribution in [0, 0.1) is 5.92 Å².